The Kier molecular flexibility index (Phi) is 8.08. The number of amides is 2. The van der Waals surface area contributed by atoms with Gasteiger partial charge in [0.25, 0.3) is 5.60 Å². The van der Waals surface area contributed by atoms with E-state index in [1.807, 2.05) is 6.07 Å². The number of anilines is 1. The highest BCUT2D eigenvalue weighted by Crippen LogP contribution is 2.50. The van der Waals surface area contributed by atoms with Crippen molar-refractivity contribution in [2.75, 3.05) is 11.1 Å². The molecule has 1 atom stereocenters. The molecule has 7 nitrogen and oxygen atoms in total. The number of carbonyl (C=O) groups is 1. The lowest BCUT2D eigenvalue weighted by molar-refractivity contribution is -0.376. The number of alkyl halides is 6. The van der Waals surface area contributed by atoms with E-state index in [0.717, 1.165) is 12.1 Å². The molecule has 0 spiro atoms. The van der Waals surface area contributed by atoms with Gasteiger partial charge in [0.05, 0.1) is 29.2 Å². The topological polar surface area (TPSA) is 119 Å². The molecule has 0 unspecified atom stereocenters. The van der Waals surface area contributed by atoms with Crippen molar-refractivity contribution in [3.63, 3.8) is 0 Å². The molecule has 0 aliphatic carbocycles. The van der Waals surface area contributed by atoms with Gasteiger partial charge in [0, 0.05) is 11.3 Å². The lowest BCUT2D eigenvalue weighted by Gasteiger charge is -2.32. The SMILES string of the molecule is CCS(=O)(=O)c1ccc([C@H](CC#N)NC(=O)Nc2ccc(C(O)(C(F)(F)F)C(F)(F)F)cc2)cc1. The van der Waals surface area contributed by atoms with Gasteiger partial charge in [0.1, 0.15) is 0 Å². The minimum atomic E-state index is -6.05. The smallest absolute Gasteiger partial charge is 0.369 e. The molecule has 0 saturated heterocycles. The number of urea groups is 1. The quantitative estimate of drug-likeness (QED) is 0.460. The van der Waals surface area contributed by atoms with Gasteiger partial charge in [-0.1, -0.05) is 31.2 Å². The molecule has 3 N–H and O–H groups in total. The number of nitrogens with one attached hydrogen (secondary N) is 2. The van der Waals surface area contributed by atoms with Crippen LogP contribution in [-0.2, 0) is 15.4 Å². The third-order valence-corrected chi connectivity index (χ3v) is 6.75. The van der Waals surface area contributed by atoms with Gasteiger partial charge in [0.2, 0.25) is 0 Å². The molecular formula is C21H19F6N3O4S. The first-order valence-electron chi connectivity index (χ1n) is 9.80. The second-order valence-electron chi connectivity index (χ2n) is 7.27. The molecule has 2 rings (SSSR count). The van der Waals surface area contributed by atoms with Crippen LogP contribution in [0, 0.1) is 11.3 Å². The molecule has 2 aromatic rings. The summed E-state index contributed by atoms with van der Waals surface area (Å²) in [7, 11) is -3.47. The van der Waals surface area contributed by atoms with E-state index in [4.69, 9.17) is 5.26 Å². The number of hydrogen-bond donors (Lipinski definition) is 3. The van der Waals surface area contributed by atoms with Gasteiger partial charge in [-0.3, -0.25) is 0 Å². The van der Waals surface area contributed by atoms with Crippen LogP contribution in [0.25, 0.3) is 0 Å². The van der Waals surface area contributed by atoms with Crippen molar-refractivity contribution in [1.82, 2.24) is 5.32 Å². The molecule has 0 saturated carbocycles. The molecule has 14 heteroatoms. The number of nitrogens with zero attached hydrogens (tertiary/aromatic N) is 1. The van der Waals surface area contributed by atoms with Gasteiger partial charge >= 0.3 is 18.4 Å². The molecule has 0 fully saturated rings. The molecule has 0 aliphatic rings. The fourth-order valence-electron chi connectivity index (χ4n) is 3.03. The van der Waals surface area contributed by atoms with E-state index < -0.39 is 45.4 Å². The number of nitriles is 1. The van der Waals surface area contributed by atoms with Gasteiger partial charge in [0.15, 0.2) is 9.84 Å². The fourth-order valence-corrected chi connectivity index (χ4v) is 3.91. The Hall–Kier alpha value is -3.31. The maximum atomic E-state index is 13.0. The fraction of sp³-hybridized carbons (Fsp3) is 0.333. The summed E-state index contributed by atoms with van der Waals surface area (Å²) in [6, 6.07) is 7.62. The monoisotopic (exact) mass is 523 g/mol. The van der Waals surface area contributed by atoms with Crippen molar-refractivity contribution in [1.29, 1.82) is 5.26 Å². The Balaban J connectivity index is 2.19. The van der Waals surface area contributed by atoms with Crippen LogP contribution in [0.5, 0.6) is 0 Å². The van der Waals surface area contributed by atoms with E-state index in [1.54, 1.807) is 0 Å². The van der Waals surface area contributed by atoms with Gasteiger partial charge < -0.3 is 15.7 Å². The lowest BCUT2D eigenvalue weighted by Crippen LogP contribution is -2.53. The molecule has 0 radical (unpaired) electrons. The maximum Gasteiger partial charge on any atom is 0.430 e. The van der Waals surface area contributed by atoms with E-state index in [9.17, 15) is 44.7 Å². The molecule has 190 valence electrons. The summed E-state index contributed by atoms with van der Waals surface area (Å²) < 4.78 is 102. The number of rotatable bonds is 7. The van der Waals surface area contributed by atoms with Crippen LogP contribution in [0.3, 0.4) is 0 Å². The van der Waals surface area contributed by atoms with Crippen LogP contribution in [0.1, 0.15) is 30.5 Å². The number of halogens is 6. The van der Waals surface area contributed by atoms with Crippen molar-refractivity contribution in [2.45, 2.75) is 42.2 Å². The minimum absolute atomic E-state index is 0.0432. The van der Waals surface area contributed by atoms with Crippen LogP contribution in [0.15, 0.2) is 53.4 Å². The number of aliphatic hydroxyl groups is 1. The van der Waals surface area contributed by atoms with E-state index >= 15 is 0 Å². The summed E-state index contributed by atoms with van der Waals surface area (Å²) in [6.45, 7) is 1.47. The number of carbonyl (C=O) groups excluding carboxylic acids is 1. The van der Waals surface area contributed by atoms with Gasteiger partial charge in [-0.25, -0.2) is 13.2 Å². The summed E-state index contributed by atoms with van der Waals surface area (Å²) >= 11 is 0. The predicted octanol–water partition coefficient (Wildman–Crippen LogP) is 4.57. The number of hydrogen-bond acceptors (Lipinski definition) is 5. The normalized spacial score (nSPS) is 13.6. The van der Waals surface area contributed by atoms with Crippen LogP contribution in [0.2, 0.25) is 0 Å². The van der Waals surface area contributed by atoms with Crippen molar-refractivity contribution in [3.8, 4) is 6.07 Å². The summed E-state index contributed by atoms with van der Waals surface area (Å²) in [5.41, 5.74) is -6.41. The van der Waals surface area contributed by atoms with E-state index in [2.05, 4.69) is 10.6 Å². The summed E-state index contributed by atoms with van der Waals surface area (Å²) in [5, 5.41) is 23.1. The van der Waals surface area contributed by atoms with E-state index in [1.165, 1.54) is 31.2 Å². The standard InChI is InChI=1S/C21H19F6N3O4S/c1-2-35(33,34)16-9-3-13(4-10-16)17(11-12-28)30-18(31)29-15-7-5-14(6-8-15)19(32,20(22,23)24)21(25,26)27/h3-10,17,32H,2,11H2,1H3,(H2,29,30,31)/t17-/m0/s1. The first-order chi connectivity index (χ1) is 16.1. The van der Waals surface area contributed by atoms with Gasteiger partial charge in [-0.15, -0.1) is 0 Å². The molecular weight excluding hydrogens is 504 g/mol. The van der Waals surface area contributed by atoms with Gasteiger partial charge in [-0.05, 0) is 29.8 Å². The zero-order chi connectivity index (χ0) is 26.7. The summed E-state index contributed by atoms with van der Waals surface area (Å²) in [6.07, 6.45) is -12.3. The van der Waals surface area contributed by atoms with Crippen molar-refractivity contribution < 1.29 is 44.7 Å². The second kappa shape index (κ2) is 10.1. The Morgan fingerprint density at radius 2 is 1.51 bits per heavy atom. The largest absolute Gasteiger partial charge is 0.430 e. The third kappa shape index (κ3) is 6.04. The maximum absolute atomic E-state index is 13.0. The zero-order valence-corrected chi connectivity index (χ0v) is 18.7. The molecule has 35 heavy (non-hydrogen) atoms. The summed E-state index contributed by atoms with van der Waals surface area (Å²) in [5.74, 6) is -0.128. The van der Waals surface area contributed by atoms with Crippen LogP contribution >= 0.6 is 0 Å². The predicted molar refractivity (Wildman–Crippen MR) is 112 cm³/mol. The first kappa shape index (κ1) is 27.9. The Bertz CT molecular complexity index is 1170. The average molecular weight is 523 g/mol. The van der Waals surface area contributed by atoms with Crippen LogP contribution in [-0.4, -0.2) is 37.7 Å². The third-order valence-electron chi connectivity index (χ3n) is 5.00. The second-order valence-corrected chi connectivity index (χ2v) is 9.55. The van der Waals surface area contributed by atoms with Crippen molar-refractivity contribution in [3.05, 3.63) is 59.7 Å². The molecule has 0 aromatic heterocycles. The highest BCUT2D eigenvalue weighted by molar-refractivity contribution is 7.91. The summed E-state index contributed by atoms with van der Waals surface area (Å²) in [4.78, 5) is 12.4. The molecule has 2 amide bonds. The Morgan fingerprint density at radius 3 is 1.94 bits per heavy atom. The molecule has 0 heterocycles. The number of sulfone groups is 1. The van der Waals surface area contributed by atoms with E-state index in [-0.39, 0.29) is 22.8 Å². The Morgan fingerprint density at radius 1 is 1.00 bits per heavy atom. The molecule has 2 aromatic carbocycles. The first-order valence-corrected chi connectivity index (χ1v) is 11.5. The van der Waals surface area contributed by atoms with Crippen LogP contribution < -0.4 is 10.6 Å². The van der Waals surface area contributed by atoms with Gasteiger partial charge in [-0.2, -0.15) is 31.6 Å². The minimum Gasteiger partial charge on any atom is -0.369 e. The van der Waals surface area contributed by atoms with Crippen molar-refractivity contribution in [2.24, 2.45) is 0 Å². The molecule has 0 aliphatic heterocycles. The zero-order valence-electron chi connectivity index (χ0n) is 17.9. The lowest BCUT2D eigenvalue weighted by atomic mass is 9.92. The highest BCUT2D eigenvalue weighted by atomic mass is 32.2. The number of benzene rings is 2. The van der Waals surface area contributed by atoms with E-state index in [0.29, 0.717) is 17.7 Å². The molecule has 0 bridgehead atoms. The Labute approximate surface area is 196 Å². The highest BCUT2D eigenvalue weighted by Gasteiger charge is 2.71. The van der Waals surface area contributed by atoms with Crippen molar-refractivity contribution >= 4 is 21.6 Å². The average Bonchev–Trinajstić information content (AvgIpc) is 2.77. The van der Waals surface area contributed by atoms with Crippen LogP contribution in [0.4, 0.5) is 36.8 Å².